The maximum Gasteiger partial charge on any atom is 0.389 e. The molecule has 0 fully saturated rings. The van der Waals surface area contributed by atoms with Gasteiger partial charge in [-0.1, -0.05) is 6.92 Å². The van der Waals surface area contributed by atoms with E-state index in [1.165, 1.54) is 0 Å². The lowest BCUT2D eigenvalue weighted by atomic mass is 10.4. The third kappa shape index (κ3) is 1.61. The number of hydrogen-bond acceptors (Lipinski definition) is 3. The standard InChI is InChI=1S/C9H8BrN3O2/c1-2-8-11-9(13(14)15)7-4-3-6(10)5-12(7)8/h3-5H,2H2,1H3. The second-order valence-electron chi connectivity index (χ2n) is 3.06. The third-order valence-electron chi connectivity index (χ3n) is 2.14. The summed E-state index contributed by atoms with van der Waals surface area (Å²) in [6.45, 7) is 1.92. The van der Waals surface area contributed by atoms with Gasteiger partial charge in [0.05, 0.1) is 0 Å². The zero-order valence-electron chi connectivity index (χ0n) is 7.98. The maximum atomic E-state index is 10.7. The summed E-state index contributed by atoms with van der Waals surface area (Å²) in [6, 6.07) is 3.46. The van der Waals surface area contributed by atoms with Crippen molar-refractivity contribution in [1.29, 1.82) is 0 Å². The molecule has 78 valence electrons. The van der Waals surface area contributed by atoms with Crippen molar-refractivity contribution in [2.24, 2.45) is 0 Å². The summed E-state index contributed by atoms with van der Waals surface area (Å²) >= 11 is 3.32. The number of pyridine rings is 1. The Balaban J connectivity index is 2.81. The van der Waals surface area contributed by atoms with Gasteiger partial charge in [-0.3, -0.25) is 4.40 Å². The first-order valence-electron chi connectivity index (χ1n) is 4.44. The van der Waals surface area contributed by atoms with Gasteiger partial charge in [-0.2, -0.15) is 0 Å². The van der Waals surface area contributed by atoms with Crippen LogP contribution >= 0.6 is 15.9 Å². The molecule has 2 heterocycles. The molecule has 0 N–H and O–H groups in total. The van der Waals surface area contributed by atoms with Crippen LogP contribution in [0, 0.1) is 10.1 Å². The zero-order valence-corrected chi connectivity index (χ0v) is 9.56. The number of aryl methyl sites for hydroxylation is 1. The number of nitro groups is 1. The highest BCUT2D eigenvalue weighted by molar-refractivity contribution is 9.10. The van der Waals surface area contributed by atoms with Crippen molar-refractivity contribution in [2.45, 2.75) is 13.3 Å². The molecule has 0 spiro atoms. The number of rotatable bonds is 2. The highest BCUT2D eigenvalue weighted by Crippen LogP contribution is 2.23. The molecule has 0 aromatic carbocycles. The van der Waals surface area contributed by atoms with Crippen LogP contribution in [0.25, 0.3) is 5.52 Å². The van der Waals surface area contributed by atoms with Crippen molar-refractivity contribution in [3.05, 3.63) is 38.7 Å². The number of hydrogen-bond donors (Lipinski definition) is 0. The molecule has 5 nitrogen and oxygen atoms in total. The summed E-state index contributed by atoms with van der Waals surface area (Å²) in [6.07, 6.45) is 2.44. The van der Waals surface area contributed by atoms with E-state index in [2.05, 4.69) is 20.9 Å². The maximum absolute atomic E-state index is 10.7. The van der Waals surface area contributed by atoms with Gasteiger partial charge in [-0.15, -0.1) is 0 Å². The predicted molar refractivity (Wildman–Crippen MR) is 58.9 cm³/mol. The second kappa shape index (κ2) is 3.62. The summed E-state index contributed by atoms with van der Waals surface area (Å²) in [5, 5.41) is 10.7. The Morgan fingerprint density at radius 2 is 2.33 bits per heavy atom. The monoisotopic (exact) mass is 269 g/mol. The van der Waals surface area contributed by atoms with Gasteiger partial charge < -0.3 is 10.1 Å². The smallest absolute Gasteiger partial charge is 0.358 e. The van der Waals surface area contributed by atoms with Crippen LogP contribution in [-0.4, -0.2) is 14.3 Å². The van der Waals surface area contributed by atoms with Gasteiger partial charge in [0.1, 0.15) is 5.52 Å². The Morgan fingerprint density at radius 1 is 1.60 bits per heavy atom. The average Bonchev–Trinajstić information content (AvgIpc) is 2.55. The number of halogens is 1. The van der Waals surface area contributed by atoms with Crippen LogP contribution in [0.5, 0.6) is 0 Å². The normalized spacial score (nSPS) is 10.8. The van der Waals surface area contributed by atoms with E-state index < -0.39 is 4.92 Å². The van der Waals surface area contributed by atoms with Crippen LogP contribution in [0.15, 0.2) is 22.8 Å². The fourth-order valence-electron chi connectivity index (χ4n) is 1.49. The highest BCUT2D eigenvalue weighted by Gasteiger charge is 2.20. The van der Waals surface area contributed by atoms with E-state index in [-0.39, 0.29) is 5.82 Å². The van der Waals surface area contributed by atoms with E-state index in [1.807, 2.05) is 6.92 Å². The van der Waals surface area contributed by atoms with Crippen LogP contribution in [0.3, 0.4) is 0 Å². The predicted octanol–water partition coefficient (Wildman–Crippen LogP) is 2.57. The third-order valence-corrected chi connectivity index (χ3v) is 2.61. The molecule has 0 atom stereocenters. The van der Waals surface area contributed by atoms with E-state index >= 15 is 0 Å². The molecule has 0 bridgehead atoms. The van der Waals surface area contributed by atoms with Crippen molar-refractivity contribution >= 4 is 27.3 Å². The Kier molecular flexibility index (Phi) is 2.44. The van der Waals surface area contributed by atoms with Crippen LogP contribution in [0.4, 0.5) is 5.82 Å². The first-order chi connectivity index (χ1) is 7.13. The fraction of sp³-hybridized carbons (Fsp3) is 0.222. The van der Waals surface area contributed by atoms with Crippen molar-refractivity contribution in [3.8, 4) is 0 Å². The second-order valence-corrected chi connectivity index (χ2v) is 3.98. The summed E-state index contributed by atoms with van der Waals surface area (Å²) in [4.78, 5) is 14.3. The quantitative estimate of drug-likeness (QED) is 0.622. The SMILES string of the molecule is CCc1nc([N+](=O)[O-])c2ccc(Br)cn12. The first kappa shape index (κ1) is 10.1. The van der Waals surface area contributed by atoms with Gasteiger partial charge >= 0.3 is 5.82 Å². The van der Waals surface area contributed by atoms with E-state index in [4.69, 9.17) is 0 Å². The number of fused-ring (bicyclic) bond motifs is 1. The number of nitrogens with zero attached hydrogens (tertiary/aromatic N) is 3. The van der Waals surface area contributed by atoms with Crippen LogP contribution in [0.1, 0.15) is 12.7 Å². The van der Waals surface area contributed by atoms with Gasteiger partial charge in [-0.05, 0) is 38.0 Å². The van der Waals surface area contributed by atoms with Gasteiger partial charge in [-0.25, -0.2) is 0 Å². The van der Waals surface area contributed by atoms with Gasteiger partial charge in [0.2, 0.25) is 5.82 Å². The summed E-state index contributed by atoms with van der Waals surface area (Å²) < 4.78 is 2.61. The largest absolute Gasteiger partial charge is 0.389 e. The molecule has 0 unspecified atom stereocenters. The molecule has 6 heteroatoms. The van der Waals surface area contributed by atoms with Gasteiger partial charge in [0.15, 0.2) is 0 Å². The van der Waals surface area contributed by atoms with E-state index in [9.17, 15) is 10.1 Å². The molecule has 0 saturated heterocycles. The number of aromatic nitrogens is 2. The summed E-state index contributed by atoms with van der Waals surface area (Å²) in [5.74, 6) is 0.609. The molecule has 0 saturated carbocycles. The van der Waals surface area contributed by atoms with Crippen LogP contribution in [-0.2, 0) is 6.42 Å². The van der Waals surface area contributed by atoms with Crippen molar-refractivity contribution in [2.75, 3.05) is 0 Å². The lowest BCUT2D eigenvalue weighted by Gasteiger charge is -1.95. The minimum absolute atomic E-state index is 0.0839. The Bertz CT molecular complexity index is 535. The number of imidazole rings is 1. The minimum Gasteiger partial charge on any atom is -0.358 e. The highest BCUT2D eigenvalue weighted by atomic mass is 79.9. The summed E-state index contributed by atoms with van der Waals surface area (Å²) in [5.41, 5.74) is 0.528. The molecule has 0 aliphatic carbocycles. The molecule has 0 radical (unpaired) electrons. The molecule has 2 rings (SSSR count). The first-order valence-corrected chi connectivity index (χ1v) is 5.23. The molecule has 0 amide bonds. The molecule has 2 aromatic heterocycles. The topological polar surface area (TPSA) is 60.4 Å². The van der Waals surface area contributed by atoms with Crippen molar-refractivity contribution < 1.29 is 4.92 Å². The molecule has 2 aromatic rings. The molecule has 0 aliphatic rings. The zero-order chi connectivity index (χ0) is 11.0. The van der Waals surface area contributed by atoms with Crippen molar-refractivity contribution in [3.63, 3.8) is 0 Å². The Labute approximate surface area is 94.0 Å². The molecule has 15 heavy (non-hydrogen) atoms. The average molecular weight is 270 g/mol. The van der Waals surface area contributed by atoms with Crippen LogP contribution < -0.4 is 0 Å². The van der Waals surface area contributed by atoms with E-state index in [0.29, 0.717) is 17.8 Å². The lowest BCUT2D eigenvalue weighted by Crippen LogP contribution is -1.91. The van der Waals surface area contributed by atoms with E-state index in [1.54, 1.807) is 22.7 Å². The van der Waals surface area contributed by atoms with Gasteiger partial charge in [0, 0.05) is 17.1 Å². The fourth-order valence-corrected chi connectivity index (χ4v) is 1.82. The molecular weight excluding hydrogens is 262 g/mol. The Morgan fingerprint density at radius 3 is 2.93 bits per heavy atom. The molecule has 0 aliphatic heterocycles. The Hall–Kier alpha value is -1.43. The van der Waals surface area contributed by atoms with Gasteiger partial charge in [0.25, 0.3) is 0 Å². The van der Waals surface area contributed by atoms with Crippen molar-refractivity contribution in [1.82, 2.24) is 9.38 Å². The summed E-state index contributed by atoms with van der Waals surface area (Å²) in [7, 11) is 0. The molecular formula is C9H8BrN3O2. The minimum atomic E-state index is -0.456. The van der Waals surface area contributed by atoms with E-state index in [0.717, 1.165) is 4.47 Å². The van der Waals surface area contributed by atoms with Crippen LogP contribution in [0.2, 0.25) is 0 Å². The lowest BCUT2D eigenvalue weighted by molar-refractivity contribution is -0.387.